The fraction of sp³-hybridized carbons (Fsp3) is 0.583. The minimum atomic E-state index is 0.315. The van der Waals surface area contributed by atoms with Crippen LogP contribution in [0.15, 0.2) is 18.3 Å². The smallest absolute Gasteiger partial charge is 0.0722 e. The van der Waals surface area contributed by atoms with Gasteiger partial charge in [-0.15, -0.1) is 0 Å². The number of rotatable bonds is 3. The van der Waals surface area contributed by atoms with Gasteiger partial charge in [0.25, 0.3) is 0 Å². The van der Waals surface area contributed by atoms with Gasteiger partial charge in [0.05, 0.1) is 18.4 Å². The molecule has 1 aromatic rings. The van der Waals surface area contributed by atoms with Gasteiger partial charge in [0, 0.05) is 31.5 Å². The van der Waals surface area contributed by atoms with Crippen molar-refractivity contribution in [1.29, 1.82) is 0 Å². The Morgan fingerprint density at radius 3 is 3.25 bits per heavy atom. The molecule has 1 N–H and O–H groups in total. The molecule has 1 atom stereocenters. The molecule has 2 rings (SSSR count). The molecule has 1 aliphatic heterocycles. The third kappa shape index (κ3) is 2.71. The number of aromatic nitrogens is 1. The summed E-state index contributed by atoms with van der Waals surface area (Å²) in [5.74, 6) is 0. The molecule has 0 aromatic carbocycles. The van der Waals surface area contributed by atoms with Crippen molar-refractivity contribution in [3.05, 3.63) is 24.0 Å². The predicted octanol–water partition coefficient (Wildman–Crippen LogP) is 1.03. The Bertz CT molecular complexity index is 343. The highest BCUT2D eigenvalue weighted by Gasteiger charge is 2.17. The zero-order valence-corrected chi connectivity index (χ0v) is 9.94. The van der Waals surface area contributed by atoms with Crippen LogP contribution in [0.2, 0.25) is 0 Å². The maximum atomic E-state index is 5.54. The summed E-state index contributed by atoms with van der Waals surface area (Å²) in [5.41, 5.74) is 2.33. The van der Waals surface area contributed by atoms with E-state index in [1.165, 1.54) is 5.69 Å². The average molecular weight is 221 g/mol. The fourth-order valence-electron chi connectivity index (χ4n) is 1.99. The van der Waals surface area contributed by atoms with E-state index in [0.717, 1.165) is 31.9 Å². The van der Waals surface area contributed by atoms with Crippen LogP contribution in [0.5, 0.6) is 0 Å². The van der Waals surface area contributed by atoms with Crippen molar-refractivity contribution in [2.75, 3.05) is 31.6 Å². The molecule has 0 radical (unpaired) electrons. The number of hydrogen-bond acceptors (Lipinski definition) is 4. The van der Waals surface area contributed by atoms with Gasteiger partial charge in [0.2, 0.25) is 0 Å². The molecule has 0 bridgehead atoms. The number of anilines is 1. The molecular formula is C12H19N3O. The summed E-state index contributed by atoms with van der Waals surface area (Å²) in [6.45, 7) is 5.66. The SMILES string of the molecule is CNCc1cc(N2CCOC(C)C2)ccn1. The maximum absolute atomic E-state index is 5.54. The van der Waals surface area contributed by atoms with Crippen LogP contribution in [-0.2, 0) is 11.3 Å². The summed E-state index contributed by atoms with van der Waals surface area (Å²) < 4.78 is 5.54. The Morgan fingerprint density at radius 2 is 2.50 bits per heavy atom. The van der Waals surface area contributed by atoms with Crippen molar-refractivity contribution in [2.45, 2.75) is 19.6 Å². The minimum Gasteiger partial charge on any atom is -0.375 e. The molecule has 88 valence electrons. The Balaban J connectivity index is 2.09. The monoisotopic (exact) mass is 221 g/mol. The van der Waals surface area contributed by atoms with Crippen molar-refractivity contribution < 1.29 is 4.74 Å². The normalized spacial score (nSPS) is 21.1. The highest BCUT2D eigenvalue weighted by Crippen LogP contribution is 2.17. The topological polar surface area (TPSA) is 37.4 Å². The van der Waals surface area contributed by atoms with Crippen LogP contribution >= 0.6 is 0 Å². The van der Waals surface area contributed by atoms with Gasteiger partial charge in [-0.3, -0.25) is 4.98 Å². The van der Waals surface area contributed by atoms with Crippen molar-refractivity contribution in [3.63, 3.8) is 0 Å². The van der Waals surface area contributed by atoms with E-state index in [0.29, 0.717) is 6.10 Å². The molecule has 1 fully saturated rings. The van der Waals surface area contributed by atoms with E-state index in [2.05, 4.69) is 34.3 Å². The molecule has 0 spiro atoms. The lowest BCUT2D eigenvalue weighted by molar-refractivity contribution is 0.0532. The first-order valence-corrected chi connectivity index (χ1v) is 5.75. The highest BCUT2D eigenvalue weighted by molar-refractivity contribution is 5.47. The molecule has 1 aromatic heterocycles. The first kappa shape index (κ1) is 11.4. The van der Waals surface area contributed by atoms with Gasteiger partial charge in [-0.2, -0.15) is 0 Å². The summed E-state index contributed by atoms with van der Waals surface area (Å²) in [4.78, 5) is 6.68. The van der Waals surface area contributed by atoms with Crippen LogP contribution < -0.4 is 10.2 Å². The number of nitrogens with zero attached hydrogens (tertiary/aromatic N) is 2. The Hall–Kier alpha value is -1.13. The zero-order valence-electron chi connectivity index (χ0n) is 9.94. The number of hydrogen-bond donors (Lipinski definition) is 1. The van der Waals surface area contributed by atoms with E-state index in [9.17, 15) is 0 Å². The Kier molecular flexibility index (Phi) is 3.74. The third-order valence-electron chi connectivity index (χ3n) is 2.76. The van der Waals surface area contributed by atoms with Crippen LogP contribution in [0.25, 0.3) is 0 Å². The molecule has 0 saturated carbocycles. The first-order chi connectivity index (χ1) is 7.79. The number of pyridine rings is 1. The molecule has 1 saturated heterocycles. The summed E-state index contributed by atoms with van der Waals surface area (Å²) >= 11 is 0. The molecule has 0 amide bonds. The summed E-state index contributed by atoms with van der Waals surface area (Å²) in [6.07, 6.45) is 2.19. The average Bonchev–Trinajstić information content (AvgIpc) is 2.30. The third-order valence-corrected chi connectivity index (χ3v) is 2.76. The van der Waals surface area contributed by atoms with E-state index >= 15 is 0 Å². The second kappa shape index (κ2) is 5.27. The summed E-state index contributed by atoms with van der Waals surface area (Å²) in [7, 11) is 1.94. The van der Waals surface area contributed by atoms with Crippen LogP contribution in [0.1, 0.15) is 12.6 Å². The van der Waals surface area contributed by atoms with Crippen LogP contribution in [0.4, 0.5) is 5.69 Å². The second-order valence-electron chi connectivity index (χ2n) is 4.16. The molecular weight excluding hydrogens is 202 g/mol. The first-order valence-electron chi connectivity index (χ1n) is 5.75. The molecule has 1 unspecified atom stereocenters. The van der Waals surface area contributed by atoms with Crippen molar-refractivity contribution in [2.24, 2.45) is 0 Å². The number of morpholine rings is 1. The van der Waals surface area contributed by atoms with Gasteiger partial charge in [0.1, 0.15) is 0 Å². The fourth-order valence-corrected chi connectivity index (χ4v) is 1.99. The van der Waals surface area contributed by atoms with Gasteiger partial charge >= 0.3 is 0 Å². The van der Waals surface area contributed by atoms with E-state index < -0.39 is 0 Å². The van der Waals surface area contributed by atoms with Crippen LogP contribution in [0, 0.1) is 0 Å². The lowest BCUT2D eigenvalue weighted by Crippen LogP contribution is -2.41. The number of ether oxygens (including phenoxy) is 1. The van der Waals surface area contributed by atoms with E-state index in [1.807, 2.05) is 13.2 Å². The van der Waals surface area contributed by atoms with Crippen LogP contribution in [-0.4, -0.2) is 37.8 Å². The maximum Gasteiger partial charge on any atom is 0.0722 e. The standard InChI is InChI=1S/C12H19N3O/c1-10-9-15(5-6-16-10)12-3-4-14-11(7-12)8-13-2/h3-4,7,10,13H,5-6,8-9H2,1-2H3. The molecule has 4 heteroatoms. The van der Waals surface area contributed by atoms with Gasteiger partial charge in [0.15, 0.2) is 0 Å². The highest BCUT2D eigenvalue weighted by atomic mass is 16.5. The van der Waals surface area contributed by atoms with E-state index in [1.54, 1.807) is 0 Å². The minimum absolute atomic E-state index is 0.315. The Morgan fingerprint density at radius 1 is 1.62 bits per heavy atom. The van der Waals surface area contributed by atoms with E-state index in [4.69, 9.17) is 4.74 Å². The lowest BCUT2D eigenvalue weighted by atomic mass is 10.2. The predicted molar refractivity (Wildman–Crippen MR) is 64.6 cm³/mol. The van der Waals surface area contributed by atoms with E-state index in [-0.39, 0.29) is 0 Å². The van der Waals surface area contributed by atoms with Crippen molar-refractivity contribution >= 4 is 5.69 Å². The molecule has 2 heterocycles. The largest absolute Gasteiger partial charge is 0.375 e. The second-order valence-corrected chi connectivity index (χ2v) is 4.16. The van der Waals surface area contributed by atoms with Crippen molar-refractivity contribution in [1.82, 2.24) is 10.3 Å². The molecule has 4 nitrogen and oxygen atoms in total. The zero-order chi connectivity index (χ0) is 11.4. The van der Waals surface area contributed by atoms with Crippen LogP contribution in [0.3, 0.4) is 0 Å². The molecule has 16 heavy (non-hydrogen) atoms. The van der Waals surface area contributed by atoms with Gasteiger partial charge < -0.3 is 15.0 Å². The molecule has 1 aliphatic rings. The van der Waals surface area contributed by atoms with Crippen molar-refractivity contribution in [3.8, 4) is 0 Å². The Labute approximate surface area is 96.6 Å². The quantitative estimate of drug-likeness (QED) is 0.827. The van der Waals surface area contributed by atoms with Gasteiger partial charge in [-0.25, -0.2) is 0 Å². The van der Waals surface area contributed by atoms with Gasteiger partial charge in [-0.05, 0) is 26.1 Å². The van der Waals surface area contributed by atoms with Gasteiger partial charge in [-0.1, -0.05) is 0 Å². The number of nitrogens with one attached hydrogen (secondary N) is 1. The summed E-state index contributed by atoms with van der Waals surface area (Å²) in [6, 6.07) is 4.21. The summed E-state index contributed by atoms with van der Waals surface area (Å²) in [5, 5.41) is 3.12. The lowest BCUT2D eigenvalue weighted by Gasteiger charge is -2.33. The molecule has 0 aliphatic carbocycles.